The molecule has 1 aromatic rings. The first-order valence-corrected chi connectivity index (χ1v) is 14.4. The predicted molar refractivity (Wildman–Crippen MR) is 136 cm³/mol. The third-order valence-electron chi connectivity index (χ3n) is 7.25. The zero-order valence-corrected chi connectivity index (χ0v) is 23.4. The molecule has 1 saturated heterocycles. The highest BCUT2D eigenvalue weighted by molar-refractivity contribution is 7.89. The number of amides is 2. The summed E-state index contributed by atoms with van der Waals surface area (Å²) in [4.78, 5) is 27.1. The van der Waals surface area contributed by atoms with Crippen molar-refractivity contribution in [2.75, 3.05) is 20.1 Å². The van der Waals surface area contributed by atoms with E-state index in [2.05, 4.69) is 5.32 Å². The van der Waals surface area contributed by atoms with Crippen molar-refractivity contribution in [1.29, 1.82) is 0 Å². The zero-order valence-electron chi connectivity index (χ0n) is 22.5. The first-order chi connectivity index (χ1) is 17.5. The van der Waals surface area contributed by atoms with E-state index in [1.54, 1.807) is 27.8 Å². The number of likely N-dealkylation sites (N-methyl/N-ethyl adjacent to an activating group) is 1. The highest BCUT2D eigenvalue weighted by Gasteiger charge is 2.47. The average molecular weight is 562 g/mol. The van der Waals surface area contributed by atoms with Gasteiger partial charge in [-0.15, -0.1) is 0 Å². The van der Waals surface area contributed by atoms with Gasteiger partial charge < -0.3 is 10.1 Å². The van der Waals surface area contributed by atoms with Crippen LogP contribution in [-0.4, -0.2) is 67.4 Å². The molecule has 4 atom stereocenters. The number of ether oxygens (including phenoxy) is 1. The Balaban J connectivity index is 1.69. The molecule has 1 aliphatic heterocycles. The fraction of sp³-hybridized carbons (Fsp3) is 0.692. The van der Waals surface area contributed by atoms with Crippen molar-refractivity contribution in [3.8, 4) is 0 Å². The molecule has 0 spiro atoms. The average Bonchev–Trinajstić information content (AvgIpc) is 3.40. The maximum Gasteiger partial charge on any atom is 0.416 e. The van der Waals surface area contributed by atoms with Crippen molar-refractivity contribution in [3.63, 3.8) is 0 Å². The van der Waals surface area contributed by atoms with Gasteiger partial charge in [0.05, 0.1) is 10.5 Å². The molecule has 38 heavy (non-hydrogen) atoms. The molecule has 12 heteroatoms. The number of carbonyl (C=O) groups is 2. The summed E-state index contributed by atoms with van der Waals surface area (Å²) in [6.07, 6.45) is -1.69. The molecule has 8 nitrogen and oxygen atoms in total. The fourth-order valence-electron chi connectivity index (χ4n) is 5.20. The Hall–Kier alpha value is -2.34. The summed E-state index contributed by atoms with van der Waals surface area (Å²) in [5, 5.41) is 3.06. The first-order valence-electron chi connectivity index (χ1n) is 13.0. The highest BCUT2D eigenvalue weighted by atomic mass is 32.2. The Morgan fingerprint density at radius 1 is 1.13 bits per heavy atom. The third-order valence-corrected chi connectivity index (χ3v) is 9.10. The Kier molecular flexibility index (Phi) is 9.07. The largest absolute Gasteiger partial charge is 0.444 e. The fourth-order valence-corrected chi connectivity index (χ4v) is 6.74. The lowest BCUT2D eigenvalue weighted by molar-refractivity contribution is -0.137. The van der Waals surface area contributed by atoms with Gasteiger partial charge >= 0.3 is 12.3 Å². The Labute approximate surface area is 222 Å². The van der Waals surface area contributed by atoms with E-state index >= 15 is 0 Å². The van der Waals surface area contributed by atoms with Crippen LogP contribution in [0.15, 0.2) is 29.2 Å². The predicted octanol–water partition coefficient (Wildman–Crippen LogP) is 4.65. The summed E-state index contributed by atoms with van der Waals surface area (Å²) in [6, 6.07) is 2.51. The molecule has 1 N–H and O–H groups in total. The number of halogens is 3. The van der Waals surface area contributed by atoms with E-state index in [-0.39, 0.29) is 41.8 Å². The van der Waals surface area contributed by atoms with Crippen LogP contribution in [0.3, 0.4) is 0 Å². The number of sulfonamides is 1. The lowest BCUT2D eigenvalue weighted by Crippen LogP contribution is -2.52. The van der Waals surface area contributed by atoms with E-state index in [1.165, 1.54) is 9.21 Å². The molecule has 0 radical (unpaired) electrons. The molecule has 0 bridgehead atoms. The number of benzene rings is 1. The molecule has 0 aromatic heterocycles. The van der Waals surface area contributed by atoms with Crippen LogP contribution in [0.2, 0.25) is 0 Å². The highest BCUT2D eigenvalue weighted by Crippen LogP contribution is 2.40. The summed E-state index contributed by atoms with van der Waals surface area (Å²) in [5.41, 5.74) is -1.62. The number of hydrogen-bond donors (Lipinski definition) is 1. The van der Waals surface area contributed by atoms with Gasteiger partial charge in [-0.05, 0) is 76.1 Å². The van der Waals surface area contributed by atoms with E-state index in [9.17, 15) is 31.2 Å². The van der Waals surface area contributed by atoms with Crippen LogP contribution in [0.5, 0.6) is 0 Å². The number of nitrogens with zero attached hydrogens (tertiary/aromatic N) is 2. The number of unbranched alkanes of at least 4 members (excludes halogenated alkanes) is 1. The third kappa shape index (κ3) is 6.99. The smallest absolute Gasteiger partial charge is 0.416 e. The number of rotatable bonds is 8. The number of nitrogens with one attached hydrogen (secondary N) is 1. The molecule has 1 saturated carbocycles. The van der Waals surface area contributed by atoms with Crippen molar-refractivity contribution in [2.45, 2.75) is 88.6 Å². The van der Waals surface area contributed by atoms with Gasteiger partial charge in [-0.25, -0.2) is 13.2 Å². The van der Waals surface area contributed by atoms with E-state index in [0.717, 1.165) is 43.5 Å². The van der Waals surface area contributed by atoms with Crippen molar-refractivity contribution < 1.29 is 35.9 Å². The minimum atomic E-state index is -4.55. The summed E-state index contributed by atoms with van der Waals surface area (Å²) in [5.74, 6) is -0.398. The van der Waals surface area contributed by atoms with Gasteiger partial charge in [0.2, 0.25) is 15.9 Å². The zero-order chi connectivity index (χ0) is 28.5. The van der Waals surface area contributed by atoms with Crippen molar-refractivity contribution in [2.24, 2.45) is 11.8 Å². The summed E-state index contributed by atoms with van der Waals surface area (Å²) < 4.78 is 71.7. The maximum atomic E-state index is 13.3. The molecule has 1 heterocycles. The molecule has 1 aromatic carbocycles. The van der Waals surface area contributed by atoms with Crippen LogP contribution in [0.1, 0.15) is 65.4 Å². The van der Waals surface area contributed by atoms with Crippen LogP contribution >= 0.6 is 0 Å². The van der Waals surface area contributed by atoms with Gasteiger partial charge in [-0.1, -0.05) is 19.8 Å². The topological polar surface area (TPSA) is 96.0 Å². The molecule has 0 unspecified atom stereocenters. The first kappa shape index (κ1) is 30.2. The Morgan fingerprint density at radius 3 is 2.32 bits per heavy atom. The minimum Gasteiger partial charge on any atom is -0.444 e. The van der Waals surface area contributed by atoms with Gasteiger partial charge in [-0.3, -0.25) is 9.69 Å². The molecule has 1 aliphatic carbocycles. The quantitative estimate of drug-likeness (QED) is 0.499. The normalized spacial score (nSPS) is 23.1. The number of fused-ring (bicyclic) bond motifs is 1. The van der Waals surface area contributed by atoms with Crippen LogP contribution in [-0.2, 0) is 25.7 Å². The van der Waals surface area contributed by atoms with Crippen LogP contribution in [0, 0.1) is 11.8 Å². The van der Waals surface area contributed by atoms with Crippen LogP contribution in [0.4, 0.5) is 18.0 Å². The Bertz CT molecular complexity index is 1100. The number of hydrogen-bond acceptors (Lipinski definition) is 5. The number of carbonyl (C=O) groups excluding carboxylic acids is 2. The van der Waals surface area contributed by atoms with Gasteiger partial charge in [-0.2, -0.15) is 17.5 Å². The van der Waals surface area contributed by atoms with Gasteiger partial charge in [0, 0.05) is 26.2 Å². The second-order valence-corrected chi connectivity index (χ2v) is 13.1. The van der Waals surface area contributed by atoms with E-state index in [0.29, 0.717) is 12.8 Å². The lowest BCUT2D eigenvalue weighted by atomic mass is 9.97. The maximum absolute atomic E-state index is 13.3. The van der Waals surface area contributed by atoms with Gasteiger partial charge in [0.15, 0.2) is 0 Å². The van der Waals surface area contributed by atoms with Gasteiger partial charge in [0.1, 0.15) is 11.6 Å². The molecular weight excluding hydrogens is 523 g/mol. The summed E-state index contributed by atoms with van der Waals surface area (Å²) >= 11 is 0. The van der Waals surface area contributed by atoms with E-state index in [4.69, 9.17) is 4.74 Å². The summed E-state index contributed by atoms with van der Waals surface area (Å²) in [7, 11) is -2.44. The standard InChI is InChI=1S/C26H38F3N3O5S/c1-6-7-8-22(31(5)24(34)37-25(2,3)4)23(33)30-21-14-9-17-15-32(16-20(17)21)38(35,36)19-12-10-18(11-13-19)26(27,28)29/h10-13,17,20-22H,6-9,14-16H2,1-5H3,(H,30,33)/t17-,20+,21+,22+/m1/s1. The molecule has 2 amide bonds. The second kappa shape index (κ2) is 11.4. The van der Waals surface area contributed by atoms with Crippen molar-refractivity contribution in [1.82, 2.24) is 14.5 Å². The lowest BCUT2D eigenvalue weighted by Gasteiger charge is -2.31. The molecule has 3 rings (SSSR count). The van der Waals surface area contributed by atoms with Crippen LogP contribution in [0.25, 0.3) is 0 Å². The molecular formula is C26H38F3N3O5S. The summed E-state index contributed by atoms with van der Waals surface area (Å²) in [6.45, 7) is 7.67. The second-order valence-electron chi connectivity index (χ2n) is 11.2. The van der Waals surface area contributed by atoms with Crippen molar-refractivity contribution >= 4 is 22.0 Å². The van der Waals surface area contributed by atoms with Crippen molar-refractivity contribution in [3.05, 3.63) is 29.8 Å². The Morgan fingerprint density at radius 2 is 1.76 bits per heavy atom. The van der Waals surface area contributed by atoms with E-state index in [1.807, 2.05) is 6.92 Å². The monoisotopic (exact) mass is 561 g/mol. The minimum absolute atomic E-state index is 0.0298. The number of alkyl halides is 3. The molecule has 214 valence electrons. The van der Waals surface area contributed by atoms with Gasteiger partial charge in [0.25, 0.3) is 0 Å². The SMILES string of the molecule is CCCC[C@@H](C(=O)N[C@H]1CC[C@@H]2CN(S(=O)(=O)c3ccc(C(F)(F)F)cc3)C[C@@H]21)N(C)C(=O)OC(C)(C)C. The molecule has 2 aliphatic rings. The molecule has 2 fully saturated rings. The van der Waals surface area contributed by atoms with Crippen LogP contribution < -0.4 is 5.32 Å². The van der Waals surface area contributed by atoms with E-state index < -0.39 is 39.5 Å².